The van der Waals surface area contributed by atoms with Crippen LogP contribution in [0.3, 0.4) is 0 Å². The van der Waals surface area contributed by atoms with Crippen molar-refractivity contribution in [2.75, 3.05) is 0 Å². The predicted octanol–water partition coefficient (Wildman–Crippen LogP) is 0.347. The molecule has 0 amide bonds. The first-order chi connectivity index (χ1) is 2.41. The Kier molecular flexibility index (Phi) is 3.63. The zero-order chi connectivity index (χ0) is 4.12. The van der Waals surface area contributed by atoms with Crippen molar-refractivity contribution in [3.05, 3.63) is 0 Å². The topological polar surface area (TPSA) is 12.0 Å². The van der Waals surface area contributed by atoms with Crippen LogP contribution in [0.5, 0.6) is 0 Å². The number of hydrogen-bond donors (Lipinski definition) is 1. The van der Waals surface area contributed by atoms with E-state index in [2.05, 4.69) is 26.4 Å². The van der Waals surface area contributed by atoms with Gasteiger partial charge in [-0.3, -0.25) is 0 Å². The van der Waals surface area contributed by atoms with Gasteiger partial charge in [0.15, 0.2) is 0 Å². The van der Waals surface area contributed by atoms with Crippen LogP contribution in [0.25, 0.3) is 0 Å². The molecule has 0 aromatic carbocycles. The van der Waals surface area contributed by atoms with Gasteiger partial charge in [0.25, 0.3) is 0 Å². The van der Waals surface area contributed by atoms with E-state index in [0.29, 0.717) is 0 Å². The lowest BCUT2D eigenvalue weighted by atomic mass is 10.8. The van der Waals surface area contributed by atoms with Gasteiger partial charge in [0.1, 0.15) is 0 Å². The molecule has 0 heterocycles. The second-order valence-electron chi connectivity index (χ2n) is 0.519. The third kappa shape index (κ3) is 3.79. The minimum absolute atomic E-state index is 1.77. The molecule has 0 aromatic heterocycles. The van der Waals surface area contributed by atoms with E-state index in [0.717, 1.165) is 0 Å². The third-order valence-electron chi connectivity index (χ3n) is 0.197. The van der Waals surface area contributed by atoms with E-state index in [1.807, 2.05) is 0 Å². The van der Waals surface area contributed by atoms with Crippen LogP contribution >= 0.6 is 9.39 Å². The van der Waals surface area contributed by atoms with E-state index in [1.165, 1.54) is 0 Å². The molecule has 5 heavy (non-hydrogen) atoms. The normalized spacial score (nSPS) is 4.40. The molecule has 0 radical (unpaired) electrons. The first-order valence-electron chi connectivity index (χ1n) is 1.29. The highest BCUT2D eigenvalue weighted by Crippen LogP contribution is 1.57. The van der Waals surface area contributed by atoms with Gasteiger partial charge in [0.2, 0.25) is 0 Å². The Balaban J connectivity index is 2.81. The molecule has 0 rings (SSSR count). The molecule has 0 fully saturated rings. The molecule has 1 nitrogen and oxygen atoms in total. The molecule has 0 aliphatic carbocycles. The second kappa shape index (κ2) is 3.79. The lowest BCUT2D eigenvalue weighted by Crippen LogP contribution is -1.76. The molecular weight excluding hydrogens is 81.0 g/mol. The van der Waals surface area contributed by atoms with Crippen LogP contribution < -0.4 is 5.09 Å². The van der Waals surface area contributed by atoms with E-state index < -0.39 is 0 Å². The van der Waals surface area contributed by atoms with Gasteiger partial charge < -0.3 is 5.09 Å². The van der Waals surface area contributed by atoms with Gasteiger partial charge in [-0.1, -0.05) is 5.92 Å². The van der Waals surface area contributed by atoms with Crippen LogP contribution in [0.15, 0.2) is 0 Å². The van der Waals surface area contributed by atoms with Crippen molar-refractivity contribution in [2.24, 2.45) is 0 Å². The fourth-order valence-corrected chi connectivity index (χ4v) is 0.217. The Hall–Kier alpha value is -0.210. The molecule has 2 heteroatoms. The average Bonchev–Trinajstić information content (AvgIpc) is 1.41. The highest BCUT2D eigenvalue weighted by Gasteiger charge is 1.40. The fraction of sp³-hybridized carbons (Fsp3) is 0.333. The Morgan fingerprint density at radius 1 is 1.80 bits per heavy atom. The number of hydrogen-bond acceptors (Lipinski definition) is 1. The summed E-state index contributed by atoms with van der Waals surface area (Å²) in [4.78, 5) is 0. The summed E-state index contributed by atoms with van der Waals surface area (Å²) in [5, 5.41) is 2.57. The van der Waals surface area contributed by atoms with Crippen molar-refractivity contribution in [1.82, 2.24) is 5.09 Å². The van der Waals surface area contributed by atoms with Gasteiger partial charge in [0.05, 0.1) is 0 Å². The first kappa shape index (κ1) is 4.79. The monoisotopic (exact) mass is 87.0 g/mol. The van der Waals surface area contributed by atoms with Crippen LogP contribution in [0.1, 0.15) is 6.92 Å². The standard InChI is InChI=1S/C3H6NP/c1-2-3-4-5/h4H,5H2,1H3. The summed E-state index contributed by atoms with van der Waals surface area (Å²) >= 11 is 0. The summed E-state index contributed by atoms with van der Waals surface area (Å²) in [7, 11) is 2.28. The van der Waals surface area contributed by atoms with Gasteiger partial charge in [0, 0.05) is 6.04 Å². The minimum Gasteiger partial charge on any atom is -0.331 e. The molecule has 0 aliphatic rings. The maximum Gasteiger partial charge on any atom is 0.00713 e. The molecule has 1 N–H and O–H groups in total. The Bertz CT molecular complexity index is 59.0. The SMILES string of the molecule is CC#CNP. The molecule has 1 atom stereocenters. The molecular formula is C3H6NP. The molecule has 0 bridgehead atoms. The summed E-state index contributed by atoms with van der Waals surface area (Å²) < 4.78 is 0. The van der Waals surface area contributed by atoms with Crippen molar-refractivity contribution >= 4 is 9.39 Å². The Labute approximate surface area is 34.4 Å². The Morgan fingerprint density at radius 3 is 2.40 bits per heavy atom. The zero-order valence-corrected chi connectivity index (χ0v) is 4.23. The summed E-state index contributed by atoms with van der Waals surface area (Å²) in [6.45, 7) is 1.77. The van der Waals surface area contributed by atoms with Crippen molar-refractivity contribution in [1.29, 1.82) is 0 Å². The Morgan fingerprint density at radius 2 is 2.40 bits per heavy atom. The lowest BCUT2D eigenvalue weighted by molar-refractivity contribution is 1.52. The van der Waals surface area contributed by atoms with E-state index in [9.17, 15) is 0 Å². The quantitative estimate of drug-likeness (QED) is 0.255. The predicted molar refractivity (Wildman–Crippen MR) is 26.3 cm³/mol. The van der Waals surface area contributed by atoms with Crippen LogP contribution in [0.2, 0.25) is 0 Å². The lowest BCUT2D eigenvalue weighted by Gasteiger charge is -1.68. The van der Waals surface area contributed by atoms with Crippen molar-refractivity contribution in [3.63, 3.8) is 0 Å². The first-order valence-corrected chi connectivity index (χ1v) is 1.87. The molecule has 0 aliphatic heterocycles. The number of nitrogens with one attached hydrogen (secondary N) is 1. The van der Waals surface area contributed by atoms with E-state index >= 15 is 0 Å². The molecule has 1 unspecified atom stereocenters. The van der Waals surface area contributed by atoms with Crippen LogP contribution in [0.4, 0.5) is 0 Å². The van der Waals surface area contributed by atoms with Crippen molar-refractivity contribution < 1.29 is 0 Å². The summed E-state index contributed by atoms with van der Waals surface area (Å²) in [6, 6.07) is 2.57. The second-order valence-corrected chi connectivity index (χ2v) is 0.808. The van der Waals surface area contributed by atoms with E-state index in [-0.39, 0.29) is 0 Å². The van der Waals surface area contributed by atoms with Gasteiger partial charge in [-0.15, -0.1) is 0 Å². The van der Waals surface area contributed by atoms with Gasteiger partial charge in [-0.05, 0) is 16.3 Å². The largest absolute Gasteiger partial charge is 0.331 e. The molecule has 0 spiro atoms. The highest BCUT2D eigenvalue weighted by atomic mass is 31.0. The fourth-order valence-electron chi connectivity index (χ4n) is 0.0722. The number of rotatable bonds is 0. The van der Waals surface area contributed by atoms with Gasteiger partial charge in [-0.2, -0.15) is 0 Å². The van der Waals surface area contributed by atoms with Crippen LogP contribution in [-0.4, -0.2) is 0 Å². The summed E-state index contributed by atoms with van der Waals surface area (Å²) in [6.07, 6.45) is 0. The summed E-state index contributed by atoms with van der Waals surface area (Å²) in [5.74, 6) is 2.64. The molecule has 0 aromatic rings. The molecule has 28 valence electrons. The van der Waals surface area contributed by atoms with Crippen molar-refractivity contribution in [2.45, 2.75) is 6.92 Å². The van der Waals surface area contributed by atoms with Crippen molar-refractivity contribution in [3.8, 4) is 12.0 Å². The minimum atomic E-state index is 1.77. The third-order valence-corrected chi connectivity index (χ3v) is 0.342. The summed E-state index contributed by atoms with van der Waals surface area (Å²) in [5.41, 5.74) is 0. The van der Waals surface area contributed by atoms with Crippen LogP contribution in [-0.2, 0) is 0 Å². The smallest absolute Gasteiger partial charge is 0.00713 e. The van der Waals surface area contributed by atoms with Gasteiger partial charge >= 0.3 is 0 Å². The highest BCUT2D eigenvalue weighted by molar-refractivity contribution is 7.14. The molecule has 0 saturated heterocycles. The average molecular weight is 87.1 g/mol. The molecule has 0 saturated carbocycles. The van der Waals surface area contributed by atoms with Crippen LogP contribution in [0, 0.1) is 12.0 Å². The maximum absolute atomic E-state index is 2.64. The van der Waals surface area contributed by atoms with E-state index in [4.69, 9.17) is 0 Å². The van der Waals surface area contributed by atoms with Gasteiger partial charge in [-0.25, -0.2) is 0 Å². The maximum atomic E-state index is 2.64. The zero-order valence-electron chi connectivity index (χ0n) is 3.08. The van der Waals surface area contributed by atoms with E-state index in [1.54, 1.807) is 6.92 Å².